The molecule has 2 aliphatic rings. The van der Waals surface area contributed by atoms with E-state index in [0.717, 1.165) is 32.1 Å². The van der Waals surface area contributed by atoms with Crippen LogP contribution in [0.15, 0.2) is 41.7 Å². The molecule has 1 aromatic carbocycles. The second-order valence-electron chi connectivity index (χ2n) is 8.15. The van der Waals surface area contributed by atoms with Crippen LogP contribution in [0.3, 0.4) is 0 Å². The van der Waals surface area contributed by atoms with Gasteiger partial charge in [0.25, 0.3) is 11.8 Å². The van der Waals surface area contributed by atoms with Crippen molar-refractivity contribution in [2.45, 2.75) is 44.6 Å². The molecular formula is C23H30N2O6. The van der Waals surface area contributed by atoms with Gasteiger partial charge in [-0.3, -0.25) is 14.4 Å². The van der Waals surface area contributed by atoms with Crippen molar-refractivity contribution >= 4 is 17.8 Å². The summed E-state index contributed by atoms with van der Waals surface area (Å²) in [7, 11) is 0. The van der Waals surface area contributed by atoms with Gasteiger partial charge >= 0.3 is 5.97 Å². The molecule has 1 aliphatic carbocycles. The predicted octanol–water partition coefficient (Wildman–Crippen LogP) is 2.05. The van der Waals surface area contributed by atoms with Crippen molar-refractivity contribution in [1.82, 2.24) is 10.2 Å². The van der Waals surface area contributed by atoms with Crippen LogP contribution in [0.1, 0.15) is 37.7 Å². The summed E-state index contributed by atoms with van der Waals surface area (Å²) < 4.78 is 6.03. The van der Waals surface area contributed by atoms with Crippen molar-refractivity contribution in [2.24, 2.45) is 5.92 Å². The fourth-order valence-corrected chi connectivity index (χ4v) is 4.18. The molecule has 0 spiro atoms. The Bertz CT molecular complexity index is 815. The molecule has 0 radical (unpaired) electrons. The molecule has 1 saturated carbocycles. The number of hydrogen-bond donors (Lipinski definition) is 3. The van der Waals surface area contributed by atoms with Gasteiger partial charge in [-0.25, -0.2) is 0 Å². The highest BCUT2D eigenvalue weighted by molar-refractivity contribution is 6.19. The molecule has 8 nitrogen and oxygen atoms in total. The van der Waals surface area contributed by atoms with E-state index in [1.54, 1.807) is 4.90 Å². The number of amides is 2. The van der Waals surface area contributed by atoms with E-state index in [4.69, 9.17) is 9.84 Å². The lowest BCUT2D eigenvalue weighted by Crippen LogP contribution is -2.45. The predicted molar refractivity (Wildman–Crippen MR) is 113 cm³/mol. The summed E-state index contributed by atoms with van der Waals surface area (Å²) in [5.74, 6) is -2.55. The SMILES string of the molecule is O=C(O)CNC(=O)C1=C(O)CCN(CC2CCC(OCCc3ccccc3)CC2)C1=O. The lowest BCUT2D eigenvalue weighted by Gasteiger charge is -2.34. The van der Waals surface area contributed by atoms with E-state index in [2.05, 4.69) is 17.4 Å². The summed E-state index contributed by atoms with van der Waals surface area (Å²) in [6.07, 6.45) is 5.08. The third-order valence-corrected chi connectivity index (χ3v) is 5.89. The number of benzene rings is 1. The van der Waals surface area contributed by atoms with Gasteiger partial charge in [0.2, 0.25) is 0 Å². The lowest BCUT2D eigenvalue weighted by molar-refractivity contribution is -0.138. The number of carbonyl (C=O) groups is 3. The summed E-state index contributed by atoms with van der Waals surface area (Å²) in [6, 6.07) is 10.2. The fourth-order valence-electron chi connectivity index (χ4n) is 4.18. The Morgan fingerprint density at radius 2 is 1.84 bits per heavy atom. The van der Waals surface area contributed by atoms with Crippen molar-refractivity contribution in [3.05, 3.63) is 47.2 Å². The molecular weight excluding hydrogens is 400 g/mol. The van der Waals surface area contributed by atoms with Gasteiger partial charge in [0.1, 0.15) is 17.9 Å². The van der Waals surface area contributed by atoms with Crippen LogP contribution >= 0.6 is 0 Å². The second kappa shape index (κ2) is 10.9. The normalized spacial score (nSPS) is 21.8. The van der Waals surface area contributed by atoms with Gasteiger partial charge in [0.05, 0.1) is 12.7 Å². The number of aliphatic hydroxyl groups excluding tert-OH is 1. The van der Waals surface area contributed by atoms with Crippen LogP contribution in [0, 0.1) is 5.92 Å². The molecule has 0 aromatic heterocycles. The van der Waals surface area contributed by atoms with Crippen LogP contribution in [0.2, 0.25) is 0 Å². The molecule has 0 atom stereocenters. The van der Waals surface area contributed by atoms with Gasteiger partial charge in [-0.2, -0.15) is 0 Å². The van der Waals surface area contributed by atoms with Gasteiger partial charge in [0, 0.05) is 19.5 Å². The van der Waals surface area contributed by atoms with Crippen LogP contribution in [0.4, 0.5) is 0 Å². The van der Waals surface area contributed by atoms with Crippen molar-refractivity contribution in [3.63, 3.8) is 0 Å². The third kappa shape index (κ3) is 6.55. The average Bonchev–Trinajstić information content (AvgIpc) is 2.76. The maximum absolute atomic E-state index is 12.7. The number of hydrogen-bond acceptors (Lipinski definition) is 5. The maximum Gasteiger partial charge on any atom is 0.322 e. The fraction of sp³-hybridized carbons (Fsp3) is 0.522. The van der Waals surface area contributed by atoms with E-state index in [1.165, 1.54) is 5.56 Å². The Morgan fingerprint density at radius 3 is 2.52 bits per heavy atom. The Balaban J connectivity index is 1.43. The first-order valence-corrected chi connectivity index (χ1v) is 10.8. The molecule has 3 rings (SSSR count). The molecule has 168 valence electrons. The average molecular weight is 431 g/mol. The zero-order valence-corrected chi connectivity index (χ0v) is 17.6. The smallest absolute Gasteiger partial charge is 0.322 e. The molecule has 8 heteroatoms. The molecule has 31 heavy (non-hydrogen) atoms. The van der Waals surface area contributed by atoms with Gasteiger partial charge in [-0.05, 0) is 43.6 Å². The third-order valence-electron chi connectivity index (χ3n) is 5.89. The summed E-state index contributed by atoms with van der Waals surface area (Å²) in [4.78, 5) is 37.1. The molecule has 1 heterocycles. The van der Waals surface area contributed by atoms with E-state index in [1.807, 2.05) is 18.2 Å². The van der Waals surface area contributed by atoms with E-state index in [0.29, 0.717) is 25.6 Å². The van der Waals surface area contributed by atoms with Crippen LogP contribution in [-0.4, -0.2) is 65.2 Å². The minimum absolute atomic E-state index is 0.194. The highest BCUT2D eigenvalue weighted by Crippen LogP contribution is 2.29. The number of nitrogens with one attached hydrogen (secondary N) is 1. The first kappa shape index (κ1) is 22.8. The van der Waals surface area contributed by atoms with Gasteiger partial charge < -0.3 is 25.2 Å². The first-order chi connectivity index (χ1) is 14.9. The van der Waals surface area contributed by atoms with Crippen LogP contribution < -0.4 is 5.32 Å². The van der Waals surface area contributed by atoms with E-state index >= 15 is 0 Å². The number of rotatable bonds is 9. The molecule has 1 aromatic rings. The second-order valence-corrected chi connectivity index (χ2v) is 8.15. The summed E-state index contributed by atoms with van der Waals surface area (Å²) in [5, 5.41) is 20.9. The van der Waals surface area contributed by atoms with Crippen molar-refractivity contribution < 1.29 is 29.3 Å². The number of aliphatic carboxylic acids is 1. The monoisotopic (exact) mass is 430 g/mol. The number of aliphatic hydroxyl groups is 1. The molecule has 1 fully saturated rings. The van der Waals surface area contributed by atoms with Crippen LogP contribution in [0.5, 0.6) is 0 Å². The molecule has 3 N–H and O–H groups in total. The molecule has 0 unspecified atom stereocenters. The Labute approximate surface area is 181 Å². The molecule has 0 bridgehead atoms. The summed E-state index contributed by atoms with van der Waals surface area (Å²) in [6.45, 7) is 0.979. The summed E-state index contributed by atoms with van der Waals surface area (Å²) in [5.41, 5.74) is 0.921. The zero-order valence-electron chi connectivity index (χ0n) is 17.6. The van der Waals surface area contributed by atoms with Crippen LogP contribution in [0.25, 0.3) is 0 Å². The largest absolute Gasteiger partial charge is 0.511 e. The minimum atomic E-state index is -1.21. The van der Waals surface area contributed by atoms with E-state index < -0.39 is 24.3 Å². The lowest BCUT2D eigenvalue weighted by atomic mass is 9.86. The van der Waals surface area contributed by atoms with Crippen molar-refractivity contribution in [1.29, 1.82) is 0 Å². The quantitative estimate of drug-likeness (QED) is 0.517. The summed E-state index contributed by atoms with van der Waals surface area (Å²) >= 11 is 0. The highest BCUT2D eigenvalue weighted by Gasteiger charge is 2.34. The Hall–Kier alpha value is -2.87. The van der Waals surface area contributed by atoms with Crippen LogP contribution in [-0.2, 0) is 25.5 Å². The highest BCUT2D eigenvalue weighted by atomic mass is 16.5. The topological polar surface area (TPSA) is 116 Å². The van der Waals surface area contributed by atoms with Gasteiger partial charge in [0.15, 0.2) is 0 Å². The van der Waals surface area contributed by atoms with Crippen molar-refractivity contribution in [2.75, 3.05) is 26.2 Å². The number of ether oxygens (including phenoxy) is 1. The number of carboxylic acids is 1. The van der Waals surface area contributed by atoms with Gasteiger partial charge in [-0.15, -0.1) is 0 Å². The maximum atomic E-state index is 12.7. The van der Waals surface area contributed by atoms with E-state index in [-0.39, 0.29) is 23.9 Å². The Kier molecular flexibility index (Phi) is 8.06. The molecule has 2 amide bonds. The number of carboxylic acid groups (broad SMARTS) is 1. The first-order valence-electron chi connectivity index (χ1n) is 10.8. The van der Waals surface area contributed by atoms with Crippen molar-refractivity contribution in [3.8, 4) is 0 Å². The van der Waals surface area contributed by atoms with E-state index in [9.17, 15) is 19.5 Å². The standard InChI is InChI=1S/C23H30N2O6/c26-19-10-12-25(23(30)21(19)22(29)24-14-20(27)28)15-17-6-8-18(9-7-17)31-13-11-16-4-2-1-3-5-16/h1-5,17-18,26H,6-15H2,(H,24,29)(H,27,28). The molecule has 0 saturated heterocycles. The number of carbonyl (C=O) groups excluding carboxylic acids is 2. The Morgan fingerprint density at radius 1 is 1.13 bits per heavy atom. The number of nitrogens with zero attached hydrogens (tertiary/aromatic N) is 1. The van der Waals surface area contributed by atoms with Gasteiger partial charge in [-0.1, -0.05) is 30.3 Å². The minimum Gasteiger partial charge on any atom is -0.511 e. The zero-order chi connectivity index (χ0) is 22.2. The molecule has 1 aliphatic heterocycles.